The lowest BCUT2D eigenvalue weighted by atomic mass is 9.92. The molecule has 0 saturated carbocycles. The summed E-state index contributed by atoms with van der Waals surface area (Å²) < 4.78 is 0. The van der Waals surface area contributed by atoms with Crippen LogP contribution in [-0.2, 0) is 9.59 Å². The van der Waals surface area contributed by atoms with E-state index in [1.807, 2.05) is 0 Å². The zero-order valence-corrected chi connectivity index (χ0v) is 12.2. The lowest BCUT2D eigenvalue weighted by molar-refractivity contribution is -0.117. The zero-order chi connectivity index (χ0) is 15.6. The van der Waals surface area contributed by atoms with Crippen LogP contribution in [0.4, 0.5) is 0 Å². The standard InChI is InChI=1S/C15H15NO4S/c1-8-4-2-3-5-9(8)13(18)10-6-12(14(16)19)21-15(20)11(10)7-17/h2-5,7,12,15,20H,6H2,1H3,(H2,16,19)/t12?,15-/m1/s1. The van der Waals surface area contributed by atoms with Gasteiger partial charge in [-0.15, -0.1) is 11.8 Å². The Bertz CT molecular complexity index is 638. The molecule has 1 amide bonds. The Labute approximate surface area is 126 Å². The van der Waals surface area contributed by atoms with Crippen molar-refractivity contribution in [3.8, 4) is 0 Å². The summed E-state index contributed by atoms with van der Waals surface area (Å²) in [5.41, 5.74) is 5.44. The molecule has 0 aliphatic carbocycles. The molecule has 0 spiro atoms. The first-order valence-electron chi connectivity index (χ1n) is 6.37. The topological polar surface area (TPSA) is 97.5 Å². The number of nitrogens with two attached hydrogens (primary N) is 1. The molecule has 1 heterocycles. The molecule has 2 atom stereocenters. The number of aliphatic hydroxyl groups excluding tert-OH is 1. The van der Waals surface area contributed by atoms with Gasteiger partial charge in [-0.05, 0) is 18.9 Å². The molecule has 0 saturated heterocycles. The van der Waals surface area contributed by atoms with Crippen molar-refractivity contribution in [3.05, 3.63) is 46.5 Å². The maximum absolute atomic E-state index is 12.6. The molecular formula is C15H15NO4S. The first-order chi connectivity index (χ1) is 9.95. The number of rotatable bonds is 4. The van der Waals surface area contributed by atoms with Crippen LogP contribution in [0.15, 0.2) is 35.4 Å². The van der Waals surface area contributed by atoms with Crippen molar-refractivity contribution in [3.63, 3.8) is 0 Å². The van der Waals surface area contributed by atoms with Crippen molar-refractivity contribution in [1.29, 1.82) is 0 Å². The first kappa shape index (κ1) is 15.5. The van der Waals surface area contributed by atoms with Gasteiger partial charge in [0, 0.05) is 16.7 Å². The quantitative estimate of drug-likeness (QED) is 0.638. The third-order valence-corrected chi connectivity index (χ3v) is 4.64. The van der Waals surface area contributed by atoms with Crippen LogP contribution in [0.3, 0.4) is 0 Å². The number of hydrogen-bond acceptors (Lipinski definition) is 5. The number of aldehydes is 1. The van der Waals surface area contributed by atoms with E-state index in [9.17, 15) is 19.5 Å². The second kappa shape index (κ2) is 6.24. The van der Waals surface area contributed by atoms with Crippen LogP contribution < -0.4 is 5.73 Å². The minimum absolute atomic E-state index is 0.0192. The molecule has 21 heavy (non-hydrogen) atoms. The molecular weight excluding hydrogens is 290 g/mol. The van der Waals surface area contributed by atoms with E-state index >= 15 is 0 Å². The number of Topliss-reactive ketones (excluding diaryl/α,β-unsaturated/α-hetero) is 1. The molecule has 0 bridgehead atoms. The van der Waals surface area contributed by atoms with E-state index in [1.165, 1.54) is 0 Å². The molecule has 0 radical (unpaired) electrons. The van der Waals surface area contributed by atoms with Gasteiger partial charge < -0.3 is 10.8 Å². The number of ketones is 1. The molecule has 1 aromatic rings. The minimum atomic E-state index is -1.21. The molecule has 0 fully saturated rings. The summed E-state index contributed by atoms with van der Waals surface area (Å²) in [7, 11) is 0. The Kier molecular flexibility index (Phi) is 4.59. The van der Waals surface area contributed by atoms with Crippen LogP contribution in [0.25, 0.3) is 0 Å². The Morgan fingerprint density at radius 2 is 2.05 bits per heavy atom. The van der Waals surface area contributed by atoms with E-state index in [2.05, 4.69) is 0 Å². The van der Waals surface area contributed by atoms with E-state index in [4.69, 9.17) is 5.73 Å². The Morgan fingerprint density at radius 1 is 1.38 bits per heavy atom. The number of carbonyl (C=O) groups is 3. The normalized spacial score (nSPS) is 22.0. The van der Waals surface area contributed by atoms with Crippen molar-refractivity contribution in [1.82, 2.24) is 0 Å². The smallest absolute Gasteiger partial charge is 0.230 e. The second-order valence-corrected chi connectivity index (χ2v) is 6.07. The predicted molar refractivity (Wildman–Crippen MR) is 79.8 cm³/mol. The van der Waals surface area contributed by atoms with Crippen LogP contribution in [0.5, 0.6) is 0 Å². The van der Waals surface area contributed by atoms with Gasteiger partial charge in [0.15, 0.2) is 5.78 Å². The summed E-state index contributed by atoms with van der Waals surface area (Å²) in [6.07, 6.45) is 0.526. The lowest BCUT2D eigenvalue weighted by Gasteiger charge is -2.26. The Balaban J connectivity index is 2.47. The summed E-state index contributed by atoms with van der Waals surface area (Å²) in [5.74, 6) is -0.958. The highest BCUT2D eigenvalue weighted by molar-refractivity contribution is 8.01. The number of amides is 1. The van der Waals surface area contributed by atoms with Crippen LogP contribution >= 0.6 is 11.8 Å². The molecule has 0 aromatic heterocycles. The summed E-state index contributed by atoms with van der Waals surface area (Å²) in [6, 6.07) is 6.97. The van der Waals surface area contributed by atoms with Gasteiger partial charge in [-0.25, -0.2) is 0 Å². The largest absolute Gasteiger partial charge is 0.378 e. The highest BCUT2D eigenvalue weighted by atomic mass is 32.2. The molecule has 1 aliphatic heterocycles. The van der Waals surface area contributed by atoms with Gasteiger partial charge >= 0.3 is 0 Å². The van der Waals surface area contributed by atoms with Crippen LogP contribution in [0.2, 0.25) is 0 Å². The highest BCUT2D eigenvalue weighted by Gasteiger charge is 2.34. The van der Waals surface area contributed by atoms with Crippen molar-refractivity contribution >= 4 is 29.7 Å². The summed E-state index contributed by atoms with van der Waals surface area (Å²) in [4.78, 5) is 35.1. The van der Waals surface area contributed by atoms with E-state index in [-0.39, 0.29) is 23.4 Å². The van der Waals surface area contributed by atoms with Gasteiger partial charge in [-0.2, -0.15) is 0 Å². The number of aliphatic hydroxyl groups is 1. The second-order valence-electron chi connectivity index (χ2n) is 4.78. The van der Waals surface area contributed by atoms with Gasteiger partial charge in [0.05, 0.1) is 5.25 Å². The van der Waals surface area contributed by atoms with Crippen LogP contribution in [-0.4, -0.2) is 33.8 Å². The molecule has 6 heteroatoms. The zero-order valence-electron chi connectivity index (χ0n) is 11.4. The molecule has 1 unspecified atom stereocenters. The average molecular weight is 305 g/mol. The molecule has 2 rings (SSSR count). The third-order valence-electron chi connectivity index (χ3n) is 3.41. The van der Waals surface area contributed by atoms with E-state index in [1.54, 1.807) is 31.2 Å². The fraction of sp³-hybridized carbons (Fsp3) is 0.267. The summed E-state index contributed by atoms with van der Waals surface area (Å²) >= 11 is 0.887. The number of primary amides is 1. The lowest BCUT2D eigenvalue weighted by Crippen LogP contribution is -2.34. The fourth-order valence-electron chi connectivity index (χ4n) is 2.24. The number of hydrogen-bond donors (Lipinski definition) is 2. The number of allylic oxidation sites excluding steroid dienone is 1. The highest BCUT2D eigenvalue weighted by Crippen LogP contribution is 2.35. The number of benzene rings is 1. The Hall–Kier alpha value is -1.92. The summed E-state index contributed by atoms with van der Waals surface area (Å²) in [6.45, 7) is 1.79. The Morgan fingerprint density at radius 3 is 2.62 bits per heavy atom. The van der Waals surface area contributed by atoms with Crippen molar-refractivity contribution in [2.75, 3.05) is 0 Å². The first-order valence-corrected chi connectivity index (χ1v) is 7.31. The molecule has 3 N–H and O–H groups in total. The molecule has 1 aliphatic rings. The van der Waals surface area contributed by atoms with Gasteiger partial charge in [-0.1, -0.05) is 24.3 Å². The third kappa shape index (κ3) is 3.06. The minimum Gasteiger partial charge on any atom is -0.378 e. The number of thioether (sulfide) groups is 1. The van der Waals surface area contributed by atoms with Gasteiger partial charge in [0.1, 0.15) is 11.7 Å². The average Bonchev–Trinajstić information content (AvgIpc) is 2.46. The number of aryl methyl sites for hydroxylation is 1. The summed E-state index contributed by atoms with van der Waals surface area (Å²) in [5, 5.41) is 9.22. The van der Waals surface area contributed by atoms with Crippen molar-refractivity contribution < 1.29 is 19.5 Å². The fourth-order valence-corrected chi connectivity index (χ4v) is 3.29. The maximum atomic E-state index is 12.6. The van der Waals surface area contributed by atoms with Crippen LogP contribution in [0, 0.1) is 6.92 Å². The molecule has 1 aromatic carbocycles. The van der Waals surface area contributed by atoms with E-state index in [0.717, 1.165) is 17.3 Å². The van der Waals surface area contributed by atoms with Crippen molar-refractivity contribution in [2.24, 2.45) is 5.73 Å². The maximum Gasteiger partial charge on any atom is 0.230 e. The molecule has 5 nitrogen and oxygen atoms in total. The molecule has 110 valence electrons. The van der Waals surface area contributed by atoms with Crippen LogP contribution in [0.1, 0.15) is 22.3 Å². The van der Waals surface area contributed by atoms with Gasteiger partial charge in [0.25, 0.3) is 0 Å². The van der Waals surface area contributed by atoms with E-state index < -0.39 is 16.6 Å². The monoisotopic (exact) mass is 305 g/mol. The SMILES string of the molecule is Cc1ccccc1C(=O)C1=C(C=O)[C@H](O)SC(C(N)=O)C1. The number of carbonyl (C=O) groups excluding carboxylic acids is 3. The van der Waals surface area contributed by atoms with Gasteiger partial charge in [-0.3, -0.25) is 14.4 Å². The van der Waals surface area contributed by atoms with Gasteiger partial charge in [0.2, 0.25) is 5.91 Å². The van der Waals surface area contributed by atoms with E-state index in [0.29, 0.717) is 11.8 Å². The van der Waals surface area contributed by atoms with Crippen molar-refractivity contribution in [2.45, 2.75) is 24.0 Å². The predicted octanol–water partition coefficient (Wildman–Crippen LogP) is 0.982.